The molecule has 19 aromatic rings. The first-order valence-corrected chi connectivity index (χ1v) is 48.3. The summed E-state index contributed by atoms with van der Waals surface area (Å²) in [6, 6.07) is 170. The monoisotopic (exact) mass is 2670 g/mol. The minimum atomic E-state index is 0. The Bertz CT molecular complexity index is 7110. The van der Waals surface area contributed by atoms with Gasteiger partial charge in [-0.1, -0.05) is 218 Å². The third kappa shape index (κ3) is 29.5. The fraction of sp³-hybridized carbons (Fsp3) is 0.0769. The van der Waals surface area contributed by atoms with Crippen LogP contribution in [0.1, 0.15) is 47.5 Å². The van der Waals surface area contributed by atoms with Crippen molar-refractivity contribution in [2.45, 2.75) is 27.7 Å². The zero-order valence-corrected chi connectivity index (χ0v) is 94.5. The van der Waals surface area contributed by atoms with Gasteiger partial charge in [0.15, 0.2) is 0 Å². The fourth-order valence-electron chi connectivity index (χ4n) is 17.1. The maximum atomic E-state index is 4.37. The van der Waals surface area contributed by atoms with Gasteiger partial charge in [0.25, 0.3) is 0 Å². The van der Waals surface area contributed by atoms with Crippen LogP contribution in [0.4, 0.5) is 28.4 Å². The van der Waals surface area contributed by atoms with Crippen LogP contribution in [0.15, 0.2) is 486 Å². The second-order valence-electron chi connectivity index (χ2n) is 34.8. The predicted octanol–water partition coefficient (Wildman–Crippen LogP) is 28.5. The molecule has 20 heteroatoms. The summed E-state index contributed by atoms with van der Waals surface area (Å²) in [6.45, 7) is 18.7. The summed E-state index contributed by atoms with van der Waals surface area (Å²) in [6.07, 6.45) is 15.7. The van der Waals surface area contributed by atoms with E-state index in [1.165, 1.54) is 101 Å². The van der Waals surface area contributed by atoms with Gasteiger partial charge in [-0.25, -0.2) is 0 Å². The molecule has 0 fully saturated rings. The number of nitrogens with zero attached hydrogens (tertiary/aromatic N) is 16. The molecule has 0 saturated carbocycles. The average Bonchev–Trinajstić information content (AvgIpc) is 1.65. The molecule has 16 nitrogen and oxygen atoms in total. The Labute approximate surface area is 940 Å². The molecule has 8 heterocycles. The summed E-state index contributed by atoms with van der Waals surface area (Å²) < 4.78 is 5.65. The van der Waals surface area contributed by atoms with Crippen molar-refractivity contribution in [2.75, 3.05) is 59.7 Å². The van der Waals surface area contributed by atoms with Crippen LogP contribution >= 0.6 is 0 Å². The number of hydrogen-bond acceptors (Lipinski definition) is 13. The minimum Gasteiger partial charge on any atom is -0.510 e. The Hall–Kier alpha value is -15.6. The normalized spacial score (nSPS) is 12.9. The van der Waals surface area contributed by atoms with E-state index in [9.17, 15) is 0 Å². The van der Waals surface area contributed by atoms with E-state index < -0.39 is 0 Å². The quantitative estimate of drug-likeness (QED) is 0.0862. The summed E-state index contributed by atoms with van der Waals surface area (Å²) in [5, 5.41) is 8.44. The van der Waals surface area contributed by atoms with Crippen molar-refractivity contribution in [1.82, 2.24) is 53.6 Å². The van der Waals surface area contributed by atoms with E-state index in [0.29, 0.717) is 0 Å². The van der Waals surface area contributed by atoms with Crippen molar-refractivity contribution in [2.24, 2.45) is 7.05 Å². The number of benzene rings is 16. The van der Waals surface area contributed by atoms with Gasteiger partial charge in [-0.2, -0.15) is 244 Å². The molecular formula is C130H113Ir4N16-4. The van der Waals surface area contributed by atoms with E-state index in [1.807, 2.05) is 279 Å². The van der Waals surface area contributed by atoms with E-state index >= 15 is 0 Å². The Morgan fingerprint density at radius 2 is 0.587 bits per heavy atom. The molecule has 0 atom stereocenters. The molecular weight excluding hydrogens is 2550 g/mol. The standard InChI is InChI=1S/2C23H20N2.2C22H18N2.C11H11N2.C10H10N2.C10H9N2.C9H7N2.4Ir/c2*1-18-23(24(2)17-25(18)22-11-7-4-8-12-22)21-15-13-20(14-16-21)19-9-5-3-6-10-19;2*1-23-17-24(21-10-6-3-7-11-21)16-22(23)20-14-12-19(13-15-20)18-8-4-2-5-9-18;1-9-8-10(2)13(12-9)11-6-4-3-5-7-11;1-11-7-8-12(9-11)10-5-3-2-4-6-10;1-12-8-7-11-10(12)9-5-3-2-4-6-9;1-2-5-9(6-3-1)11-8-4-7-10-11;;;;/h2*3-11,13-17H,1-2H3;2*2-10,12-17H,1H3;3-6,8H,1-2H3;2-5,7-9H,1H3;2-5,7-8H,1H3;1-5,7-8H;;;;/q4*-2;-1;-2;2*-1;;3*+3. The third-order valence-electron chi connectivity index (χ3n) is 24.4. The molecule has 5 aliphatic rings. The largest absolute Gasteiger partial charge is 3.00 e. The number of allylic oxidation sites excluding steroid dienone is 2. The Kier molecular flexibility index (Phi) is 41.7. The van der Waals surface area contributed by atoms with Gasteiger partial charge in [0.05, 0.1) is 11.5 Å². The third-order valence-corrected chi connectivity index (χ3v) is 24.4. The summed E-state index contributed by atoms with van der Waals surface area (Å²) >= 11 is 0. The number of hydrogen-bond donors (Lipinski definition) is 0. The summed E-state index contributed by atoms with van der Waals surface area (Å²) in [4.78, 5) is 25.4. The van der Waals surface area contributed by atoms with Crippen LogP contribution in [0.5, 0.6) is 0 Å². The average molecular weight is 2670 g/mol. The van der Waals surface area contributed by atoms with Crippen molar-refractivity contribution >= 4 is 51.2 Å². The van der Waals surface area contributed by atoms with E-state index in [1.54, 1.807) is 17.1 Å². The van der Waals surface area contributed by atoms with Crippen LogP contribution in [0.2, 0.25) is 0 Å². The molecule has 150 heavy (non-hydrogen) atoms. The number of aryl methyl sites for hydroxylation is 3. The maximum Gasteiger partial charge on any atom is 3.00 e. The first kappa shape index (κ1) is 112. The number of imidazole rings is 1. The Morgan fingerprint density at radius 1 is 0.267 bits per heavy atom. The van der Waals surface area contributed by atoms with E-state index in [0.717, 1.165) is 62.6 Å². The van der Waals surface area contributed by atoms with Crippen molar-refractivity contribution in [3.05, 3.63) is 601 Å². The summed E-state index contributed by atoms with van der Waals surface area (Å²) in [5.41, 5.74) is 32.4. The molecule has 0 saturated heterocycles. The van der Waals surface area contributed by atoms with Gasteiger partial charge in [0.1, 0.15) is 0 Å². The molecule has 0 spiro atoms. The van der Waals surface area contributed by atoms with Gasteiger partial charge in [0.2, 0.25) is 0 Å². The van der Waals surface area contributed by atoms with E-state index in [4.69, 9.17) is 0 Å². The van der Waals surface area contributed by atoms with Crippen molar-refractivity contribution in [3.63, 3.8) is 0 Å². The molecule has 3 aromatic heterocycles. The van der Waals surface area contributed by atoms with Crippen LogP contribution in [0, 0.1) is 95.7 Å². The molecule has 1 radical (unpaired) electrons. The van der Waals surface area contributed by atoms with Crippen LogP contribution in [0.3, 0.4) is 0 Å². The van der Waals surface area contributed by atoms with Crippen molar-refractivity contribution in [3.8, 4) is 67.3 Å². The minimum absolute atomic E-state index is 0. The van der Waals surface area contributed by atoms with Gasteiger partial charge in [0, 0.05) is 91.8 Å². The van der Waals surface area contributed by atoms with Gasteiger partial charge in [-0.3, -0.25) is 14.3 Å². The van der Waals surface area contributed by atoms with E-state index in [2.05, 4.69) is 408 Å². The smallest absolute Gasteiger partial charge is 0.510 e. The fourth-order valence-corrected chi connectivity index (χ4v) is 17.1. The Balaban J connectivity index is 0.000000145. The molecule has 0 amide bonds. The SMILES string of the molecule is CC1=C(c2ccc(-c3ccccc3)cc2)N(C)[CH-]N1c1[c-]cccc1.CC1=C(c2ccc(-c3ccccc3)cc2)N(C)[CH-]N1c1[c-]cccc1.CN1C=CN(c2[c-]cccc2)[CH-]1.CN1[CH-]N(c2[c-]cccc2)C=C1c1ccc(-c2ccccc2)cc1.CN1[CH-]N(c2[c-]cccc2)C=C1c1ccc(-c2ccccc2)cc1.Cc1cc(C)n(-c2[c-]cccc2)n1.Cn1ccnc1-c1[c-]cccc1.[Ir+3].[Ir+3].[Ir+3].[Ir].[c-]1ccccc1-n1cccn1. The zero-order chi connectivity index (χ0) is 101. The van der Waals surface area contributed by atoms with Gasteiger partial charge < -0.3 is 53.6 Å². The van der Waals surface area contributed by atoms with Gasteiger partial charge in [-0.15, -0.1) is 76.5 Å². The predicted molar refractivity (Wildman–Crippen MR) is 599 cm³/mol. The Morgan fingerprint density at radius 3 is 0.893 bits per heavy atom. The first-order valence-electron chi connectivity index (χ1n) is 48.3. The molecule has 16 aromatic carbocycles. The van der Waals surface area contributed by atoms with Crippen LogP contribution in [-0.4, -0.2) is 88.8 Å². The molecule has 753 valence electrons. The molecule has 24 rings (SSSR count). The van der Waals surface area contributed by atoms with Gasteiger partial charge in [-0.05, 0) is 178 Å². The first-order chi connectivity index (χ1) is 71.6. The maximum absolute atomic E-state index is 4.37. The van der Waals surface area contributed by atoms with E-state index in [-0.39, 0.29) is 80.4 Å². The molecule has 0 aliphatic carbocycles. The summed E-state index contributed by atoms with van der Waals surface area (Å²) in [7, 11) is 12.3. The van der Waals surface area contributed by atoms with Crippen molar-refractivity contribution < 1.29 is 80.4 Å². The zero-order valence-electron chi connectivity index (χ0n) is 84.9. The number of para-hydroxylation sites is 7. The van der Waals surface area contributed by atoms with Crippen LogP contribution in [0.25, 0.3) is 90.1 Å². The summed E-state index contributed by atoms with van der Waals surface area (Å²) in [5.74, 6) is 0.954. The van der Waals surface area contributed by atoms with Crippen LogP contribution in [-0.2, 0) is 87.5 Å². The number of anilines is 5. The second kappa shape index (κ2) is 56.0. The molecule has 0 N–H and O–H groups in total. The molecule has 0 unspecified atom stereocenters. The molecule has 0 bridgehead atoms. The topological polar surface area (TPSA) is 85.9 Å². The van der Waals surface area contributed by atoms with Gasteiger partial charge >= 0.3 is 60.3 Å². The molecule has 5 aliphatic heterocycles. The second-order valence-corrected chi connectivity index (χ2v) is 34.8. The number of rotatable bonds is 16. The van der Waals surface area contributed by atoms with Crippen LogP contribution < -0.4 is 24.5 Å². The number of aromatic nitrogens is 6. The van der Waals surface area contributed by atoms with Crippen molar-refractivity contribution in [1.29, 1.82) is 0 Å².